The smallest absolute Gasteiger partial charge is 0.137 e. The van der Waals surface area contributed by atoms with Gasteiger partial charge in [0, 0.05) is 44.8 Å². The molecule has 138 valence electrons. The standard InChI is InChI=1S/C20H25ClN4O/c1-24(18-8-10-22-20(23-18)14-6-7-14)16-9-11-25(13-16)12-15-4-3-5-17(26-2)19(15)21/h3-5,8,10,14,16H,6-7,9,11-13H2,1-2H3. The third-order valence-corrected chi connectivity index (χ3v) is 5.84. The van der Waals surface area contributed by atoms with Crippen molar-refractivity contribution >= 4 is 17.4 Å². The zero-order valence-electron chi connectivity index (χ0n) is 15.4. The molecule has 1 aliphatic carbocycles. The molecule has 1 saturated heterocycles. The van der Waals surface area contributed by atoms with Crippen LogP contribution in [0.1, 0.15) is 36.6 Å². The summed E-state index contributed by atoms with van der Waals surface area (Å²) in [5, 5.41) is 0.719. The van der Waals surface area contributed by atoms with Gasteiger partial charge in [-0.1, -0.05) is 23.7 Å². The summed E-state index contributed by atoms with van der Waals surface area (Å²) in [6.07, 6.45) is 5.48. The van der Waals surface area contributed by atoms with Crippen molar-refractivity contribution in [1.82, 2.24) is 14.9 Å². The number of nitrogens with zero attached hydrogens (tertiary/aromatic N) is 4. The molecule has 0 spiro atoms. The van der Waals surface area contributed by atoms with E-state index in [1.807, 2.05) is 24.4 Å². The van der Waals surface area contributed by atoms with Crippen molar-refractivity contribution in [3.05, 3.63) is 46.9 Å². The number of likely N-dealkylation sites (N-methyl/N-ethyl adjacent to an activating group) is 1. The van der Waals surface area contributed by atoms with E-state index in [1.54, 1.807) is 7.11 Å². The van der Waals surface area contributed by atoms with Crippen molar-refractivity contribution in [2.75, 3.05) is 32.1 Å². The molecule has 1 saturated carbocycles. The molecule has 0 amide bonds. The molecule has 6 heteroatoms. The molecular formula is C20H25ClN4O. The monoisotopic (exact) mass is 372 g/mol. The van der Waals surface area contributed by atoms with Gasteiger partial charge in [0.1, 0.15) is 17.4 Å². The minimum atomic E-state index is 0.460. The lowest BCUT2D eigenvalue weighted by molar-refractivity contribution is 0.325. The fourth-order valence-corrected chi connectivity index (χ4v) is 3.90. The van der Waals surface area contributed by atoms with Crippen molar-refractivity contribution in [3.8, 4) is 5.75 Å². The largest absolute Gasteiger partial charge is 0.495 e. The van der Waals surface area contributed by atoms with Crippen LogP contribution in [0.15, 0.2) is 30.5 Å². The highest BCUT2D eigenvalue weighted by Crippen LogP contribution is 2.38. The number of ether oxygens (including phenoxy) is 1. The Balaban J connectivity index is 1.41. The summed E-state index contributed by atoms with van der Waals surface area (Å²) in [7, 11) is 3.80. The van der Waals surface area contributed by atoms with Gasteiger partial charge in [-0.3, -0.25) is 4.90 Å². The third-order valence-electron chi connectivity index (χ3n) is 5.42. The van der Waals surface area contributed by atoms with Crippen LogP contribution in [0.3, 0.4) is 0 Å². The molecule has 0 N–H and O–H groups in total. The van der Waals surface area contributed by atoms with E-state index < -0.39 is 0 Å². The summed E-state index contributed by atoms with van der Waals surface area (Å²) in [4.78, 5) is 14.0. The van der Waals surface area contributed by atoms with Crippen molar-refractivity contribution in [2.45, 2.75) is 37.8 Å². The van der Waals surface area contributed by atoms with Gasteiger partial charge in [0.2, 0.25) is 0 Å². The number of rotatable bonds is 6. The molecule has 5 nitrogen and oxygen atoms in total. The number of hydrogen-bond donors (Lipinski definition) is 0. The van der Waals surface area contributed by atoms with Gasteiger partial charge in [-0.05, 0) is 37.0 Å². The van der Waals surface area contributed by atoms with Crippen LogP contribution in [0, 0.1) is 0 Å². The highest BCUT2D eigenvalue weighted by Gasteiger charge is 2.29. The number of likely N-dealkylation sites (tertiary alicyclic amines) is 1. The average molecular weight is 373 g/mol. The lowest BCUT2D eigenvalue weighted by Crippen LogP contribution is -2.35. The van der Waals surface area contributed by atoms with Crippen molar-refractivity contribution in [1.29, 1.82) is 0 Å². The van der Waals surface area contributed by atoms with Gasteiger partial charge in [0.15, 0.2) is 0 Å². The van der Waals surface area contributed by atoms with E-state index in [-0.39, 0.29) is 0 Å². The van der Waals surface area contributed by atoms with Crippen LogP contribution in [0.5, 0.6) is 5.75 Å². The van der Waals surface area contributed by atoms with Crippen molar-refractivity contribution in [3.63, 3.8) is 0 Å². The molecule has 1 unspecified atom stereocenters. The van der Waals surface area contributed by atoms with E-state index >= 15 is 0 Å². The highest BCUT2D eigenvalue weighted by atomic mass is 35.5. The number of benzene rings is 1. The van der Waals surface area contributed by atoms with E-state index in [2.05, 4.69) is 27.9 Å². The summed E-state index contributed by atoms with van der Waals surface area (Å²) in [6.45, 7) is 2.91. The fourth-order valence-electron chi connectivity index (χ4n) is 3.63. The van der Waals surface area contributed by atoms with Gasteiger partial charge < -0.3 is 9.64 Å². The van der Waals surface area contributed by atoms with Crippen molar-refractivity contribution < 1.29 is 4.74 Å². The lowest BCUT2D eigenvalue weighted by Gasteiger charge is -2.26. The Hall–Kier alpha value is -1.85. The predicted molar refractivity (Wildman–Crippen MR) is 104 cm³/mol. The van der Waals surface area contributed by atoms with Gasteiger partial charge in [-0.15, -0.1) is 0 Å². The number of anilines is 1. The maximum absolute atomic E-state index is 6.46. The Morgan fingerprint density at radius 1 is 1.27 bits per heavy atom. The summed E-state index contributed by atoms with van der Waals surface area (Å²) in [6, 6.07) is 8.46. The summed E-state index contributed by atoms with van der Waals surface area (Å²) >= 11 is 6.46. The topological polar surface area (TPSA) is 41.5 Å². The molecule has 1 aliphatic heterocycles. The van der Waals surface area contributed by atoms with Crippen LogP contribution >= 0.6 is 11.6 Å². The van der Waals surface area contributed by atoms with Gasteiger partial charge in [0.25, 0.3) is 0 Å². The first kappa shape index (κ1) is 17.6. The van der Waals surface area contributed by atoms with Crippen LogP contribution in [-0.2, 0) is 6.54 Å². The molecule has 1 aromatic heterocycles. The quantitative estimate of drug-likeness (QED) is 0.772. The highest BCUT2D eigenvalue weighted by molar-refractivity contribution is 6.32. The van der Waals surface area contributed by atoms with Crippen LogP contribution in [-0.4, -0.2) is 48.2 Å². The van der Waals surface area contributed by atoms with E-state index in [4.69, 9.17) is 21.3 Å². The SMILES string of the molecule is COc1cccc(CN2CCC(N(C)c3ccnc(C4CC4)n3)C2)c1Cl. The van der Waals surface area contributed by atoms with Crippen LogP contribution in [0.4, 0.5) is 5.82 Å². The van der Waals surface area contributed by atoms with E-state index in [1.165, 1.54) is 12.8 Å². The Kier molecular flexibility index (Phi) is 5.00. The average Bonchev–Trinajstić information content (AvgIpc) is 3.42. The second-order valence-electron chi connectivity index (χ2n) is 7.27. The predicted octanol–water partition coefficient (Wildman–Crippen LogP) is 3.73. The number of methoxy groups -OCH3 is 1. The van der Waals surface area contributed by atoms with Crippen LogP contribution in [0.25, 0.3) is 0 Å². The molecule has 4 rings (SSSR count). The number of aromatic nitrogens is 2. The number of halogens is 1. The molecule has 2 heterocycles. The van der Waals surface area contributed by atoms with Gasteiger partial charge in [-0.25, -0.2) is 9.97 Å². The van der Waals surface area contributed by atoms with Gasteiger partial charge in [-0.2, -0.15) is 0 Å². The molecule has 1 aromatic carbocycles. The Morgan fingerprint density at radius 3 is 2.88 bits per heavy atom. The second-order valence-corrected chi connectivity index (χ2v) is 7.65. The van der Waals surface area contributed by atoms with E-state index in [9.17, 15) is 0 Å². The normalized spacial score (nSPS) is 20.3. The second kappa shape index (κ2) is 7.41. The molecule has 26 heavy (non-hydrogen) atoms. The first-order chi connectivity index (χ1) is 12.7. The van der Waals surface area contributed by atoms with E-state index in [0.29, 0.717) is 12.0 Å². The van der Waals surface area contributed by atoms with E-state index in [0.717, 1.165) is 54.0 Å². The Labute approximate surface area is 160 Å². The Bertz CT molecular complexity index is 780. The molecular weight excluding hydrogens is 348 g/mol. The minimum Gasteiger partial charge on any atom is -0.495 e. The van der Waals surface area contributed by atoms with Crippen LogP contribution < -0.4 is 9.64 Å². The molecule has 1 atom stereocenters. The summed E-state index contributed by atoms with van der Waals surface area (Å²) in [5.41, 5.74) is 1.12. The number of hydrogen-bond acceptors (Lipinski definition) is 5. The fraction of sp³-hybridized carbons (Fsp3) is 0.500. The Morgan fingerprint density at radius 2 is 2.12 bits per heavy atom. The summed E-state index contributed by atoms with van der Waals surface area (Å²) < 4.78 is 5.33. The minimum absolute atomic E-state index is 0.460. The molecule has 2 aliphatic rings. The zero-order chi connectivity index (χ0) is 18.1. The van der Waals surface area contributed by atoms with Gasteiger partial charge >= 0.3 is 0 Å². The van der Waals surface area contributed by atoms with Gasteiger partial charge in [0.05, 0.1) is 12.1 Å². The third kappa shape index (κ3) is 3.64. The van der Waals surface area contributed by atoms with Crippen LogP contribution in [0.2, 0.25) is 5.02 Å². The first-order valence-electron chi connectivity index (χ1n) is 9.25. The molecule has 2 fully saturated rings. The zero-order valence-corrected chi connectivity index (χ0v) is 16.1. The maximum atomic E-state index is 6.46. The first-order valence-corrected chi connectivity index (χ1v) is 9.63. The maximum Gasteiger partial charge on any atom is 0.137 e. The summed E-state index contributed by atoms with van der Waals surface area (Å²) in [5.74, 6) is 3.37. The molecule has 0 radical (unpaired) electrons. The molecule has 0 bridgehead atoms. The lowest BCUT2D eigenvalue weighted by atomic mass is 10.2. The molecule has 2 aromatic rings. The van der Waals surface area contributed by atoms with Crippen molar-refractivity contribution in [2.24, 2.45) is 0 Å².